The van der Waals surface area contributed by atoms with E-state index in [4.69, 9.17) is 4.74 Å². The molecule has 1 aromatic heterocycles. The van der Waals surface area contributed by atoms with Crippen molar-refractivity contribution in [2.75, 3.05) is 13.2 Å². The average Bonchev–Trinajstić information content (AvgIpc) is 2.75. The Bertz CT molecular complexity index is 1000. The van der Waals surface area contributed by atoms with E-state index in [2.05, 4.69) is 10.3 Å². The first-order valence-electron chi connectivity index (χ1n) is 9.62. The SMILES string of the molecule is Cc1ccc(CCC(=O)NCCOC(=O)/C=C/c2cccc3cccnc23)cc1. The second kappa shape index (κ2) is 10.2. The molecule has 0 saturated carbocycles. The van der Waals surface area contributed by atoms with Crippen LogP contribution in [0.2, 0.25) is 0 Å². The maximum absolute atomic E-state index is 11.9. The van der Waals surface area contributed by atoms with Crippen molar-refractivity contribution >= 4 is 28.9 Å². The zero-order chi connectivity index (χ0) is 20.5. The van der Waals surface area contributed by atoms with Gasteiger partial charge in [0.2, 0.25) is 5.91 Å². The molecule has 0 fully saturated rings. The van der Waals surface area contributed by atoms with Gasteiger partial charge >= 0.3 is 5.97 Å². The van der Waals surface area contributed by atoms with Gasteiger partial charge < -0.3 is 10.1 Å². The van der Waals surface area contributed by atoms with Crippen LogP contribution in [-0.2, 0) is 20.7 Å². The normalized spacial score (nSPS) is 10.9. The number of nitrogens with zero attached hydrogens (tertiary/aromatic N) is 1. The molecule has 0 unspecified atom stereocenters. The van der Waals surface area contributed by atoms with E-state index >= 15 is 0 Å². The van der Waals surface area contributed by atoms with Gasteiger partial charge in [0.25, 0.3) is 0 Å². The number of esters is 1. The van der Waals surface area contributed by atoms with Gasteiger partial charge in [-0.1, -0.05) is 54.1 Å². The number of aryl methyl sites for hydroxylation is 2. The minimum Gasteiger partial charge on any atom is -0.461 e. The fourth-order valence-corrected chi connectivity index (χ4v) is 2.91. The van der Waals surface area contributed by atoms with Gasteiger partial charge in [-0.15, -0.1) is 0 Å². The van der Waals surface area contributed by atoms with Gasteiger partial charge in [-0.25, -0.2) is 4.79 Å². The highest BCUT2D eigenvalue weighted by Crippen LogP contribution is 2.17. The zero-order valence-electron chi connectivity index (χ0n) is 16.4. The minimum atomic E-state index is -0.452. The van der Waals surface area contributed by atoms with E-state index < -0.39 is 5.97 Å². The summed E-state index contributed by atoms with van der Waals surface area (Å²) in [5, 5.41) is 3.78. The van der Waals surface area contributed by atoms with E-state index in [1.54, 1.807) is 12.3 Å². The van der Waals surface area contributed by atoms with Crippen LogP contribution < -0.4 is 5.32 Å². The molecule has 29 heavy (non-hydrogen) atoms. The largest absolute Gasteiger partial charge is 0.461 e. The quantitative estimate of drug-likeness (QED) is 0.362. The highest BCUT2D eigenvalue weighted by molar-refractivity contribution is 5.92. The average molecular weight is 388 g/mol. The van der Waals surface area contributed by atoms with Crippen LogP contribution in [0, 0.1) is 6.92 Å². The van der Waals surface area contributed by atoms with E-state index in [1.807, 2.05) is 61.5 Å². The van der Waals surface area contributed by atoms with Gasteiger partial charge in [0.15, 0.2) is 0 Å². The van der Waals surface area contributed by atoms with Crippen molar-refractivity contribution in [2.45, 2.75) is 19.8 Å². The zero-order valence-corrected chi connectivity index (χ0v) is 16.4. The summed E-state index contributed by atoms with van der Waals surface area (Å²) in [6.45, 7) is 2.46. The maximum Gasteiger partial charge on any atom is 0.330 e. The van der Waals surface area contributed by atoms with E-state index in [1.165, 1.54) is 11.6 Å². The molecule has 0 radical (unpaired) electrons. The van der Waals surface area contributed by atoms with Gasteiger partial charge in [0.1, 0.15) is 6.61 Å². The monoisotopic (exact) mass is 388 g/mol. The predicted molar refractivity (Wildman–Crippen MR) is 114 cm³/mol. The number of pyridine rings is 1. The standard InChI is InChI=1S/C24H24N2O3/c1-18-7-9-19(10-8-18)11-13-22(27)25-16-17-29-23(28)14-12-21-5-2-4-20-6-3-15-26-24(20)21/h2-10,12,14-15H,11,13,16-17H2,1H3,(H,25,27)/b14-12+. The lowest BCUT2D eigenvalue weighted by atomic mass is 10.1. The molecule has 5 heteroatoms. The lowest BCUT2D eigenvalue weighted by Gasteiger charge is -2.06. The number of nitrogens with one attached hydrogen (secondary N) is 1. The first kappa shape index (κ1) is 20.3. The van der Waals surface area contributed by atoms with Gasteiger partial charge in [-0.2, -0.15) is 0 Å². The van der Waals surface area contributed by atoms with Crippen molar-refractivity contribution in [3.63, 3.8) is 0 Å². The lowest BCUT2D eigenvalue weighted by Crippen LogP contribution is -2.28. The topological polar surface area (TPSA) is 68.3 Å². The summed E-state index contributed by atoms with van der Waals surface area (Å²) in [5.74, 6) is -0.508. The fourth-order valence-electron chi connectivity index (χ4n) is 2.91. The molecule has 0 bridgehead atoms. The van der Waals surface area contributed by atoms with Crippen LogP contribution in [0.15, 0.2) is 66.9 Å². The van der Waals surface area contributed by atoms with Crippen molar-refractivity contribution in [3.05, 3.63) is 83.6 Å². The highest BCUT2D eigenvalue weighted by Gasteiger charge is 2.04. The second-order valence-corrected chi connectivity index (χ2v) is 6.76. The summed E-state index contributed by atoms with van der Waals surface area (Å²) in [5.41, 5.74) is 4.01. The number of amides is 1. The Labute approximate surface area is 170 Å². The third-order valence-corrected chi connectivity index (χ3v) is 4.49. The smallest absolute Gasteiger partial charge is 0.330 e. The minimum absolute atomic E-state index is 0.0565. The Morgan fingerprint density at radius 2 is 1.86 bits per heavy atom. The summed E-state index contributed by atoms with van der Waals surface area (Å²) >= 11 is 0. The number of ether oxygens (including phenoxy) is 1. The molecular weight excluding hydrogens is 364 g/mol. The first-order chi connectivity index (χ1) is 14.1. The predicted octanol–water partition coefficient (Wildman–Crippen LogP) is 3.85. The molecule has 0 atom stereocenters. The lowest BCUT2D eigenvalue weighted by molar-refractivity contribution is -0.138. The van der Waals surface area contributed by atoms with Crippen LogP contribution in [0.5, 0.6) is 0 Å². The van der Waals surface area contributed by atoms with Crippen molar-refractivity contribution in [1.82, 2.24) is 10.3 Å². The number of carbonyl (C=O) groups is 2. The Morgan fingerprint density at radius 1 is 1.07 bits per heavy atom. The molecule has 1 amide bonds. The van der Waals surface area contributed by atoms with Gasteiger partial charge in [0, 0.05) is 29.6 Å². The molecule has 3 aromatic rings. The van der Waals surface area contributed by atoms with Gasteiger partial charge in [0.05, 0.1) is 12.1 Å². The molecule has 3 rings (SSSR count). The van der Waals surface area contributed by atoms with Crippen molar-refractivity contribution < 1.29 is 14.3 Å². The number of carbonyl (C=O) groups excluding carboxylic acids is 2. The number of hydrogen-bond acceptors (Lipinski definition) is 4. The number of para-hydroxylation sites is 1. The molecule has 0 aliphatic heterocycles. The number of aromatic nitrogens is 1. The van der Waals surface area contributed by atoms with Crippen molar-refractivity contribution in [1.29, 1.82) is 0 Å². The molecule has 0 aliphatic carbocycles. The molecular formula is C24H24N2O3. The molecule has 0 saturated heterocycles. The third-order valence-electron chi connectivity index (χ3n) is 4.49. The van der Waals surface area contributed by atoms with Crippen molar-refractivity contribution in [2.24, 2.45) is 0 Å². The first-order valence-corrected chi connectivity index (χ1v) is 9.62. The molecule has 2 aromatic carbocycles. The van der Waals surface area contributed by atoms with Crippen LogP contribution in [0.25, 0.3) is 17.0 Å². The maximum atomic E-state index is 11.9. The Kier molecular flexibility index (Phi) is 7.11. The number of fused-ring (bicyclic) bond motifs is 1. The summed E-state index contributed by atoms with van der Waals surface area (Å²) < 4.78 is 5.14. The second-order valence-electron chi connectivity index (χ2n) is 6.76. The summed E-state index contributed by atoms with van der Waals surface area (Å²) in [6, 6.07) is 17.8. The number of benzene rings is 2. The van der Waals surface area contributed by atoms with Crippen LogP contribution in [-0.4, -0.2) is 30.0 Å². The van der Waals surface area contributed by atoms with E-state index in [-0.39, 0.29) is 12.5 Å². The summed E-state index contributed by atoms with van der Waals surface area (Å²) in [4.78, 5) is 28.1. The molecule has 5 nitrogen and oxygen atoms in total. The van der Waals surface area contributed by atoms with Crippen LogP contribution in [0.1, 0.15) is 23.1 Å². The Morgan fingerprint density at radius 3 is 2.69 bits per heavy atom. The van der Waals surface area contributed by atoms with Crippen LogP contribution in [0.3, 0.4) is 0 Å². The summed E-state index contributed by atoms with van der Waals surface area (Å²) in [7, 11) is 0. The van der Waals surface area contributed by atoms with Crippen LogP contribution >= 0.6 is 0 Å². The molecule has 1 N–H and O–H groups in total. The molecule has 1 heterocycles. The third kappa shape index (κ3) is 6.28. The molecule has 0 spiro atoms. The number of rotatable bonds is 8. The highest BCUT2D eigenvalue weighted by atomic mass is 16.5. The Hall–Kier alpha value is -3.47. The van der Waals surface area contributed by atoms with E-state index in [0.29, 0.717) is 19.4 Å². The molecule has 0 aliphatic rings. The van der Waals surface area contributed by atoms with E-state index in [9.17, 15) is 9.59 Å². The Balaban J connectivity index is 1.37. The number of hydrogen-bond donors (Lipinski definition) is 1. The molecule has 148 valence electrons. The van der Waals surface area contributed by atoms with Crippen molar-refractivity contribution in [3.8, 4) is 0 Å². The van der Waals surface area contributed by atoms with Gasteiger partial charge in [-0.3, -0.25) is 9.78 Å². The van der Waals surface area contributed by atoms with E-state index in [0.717, 1.165) is 22.0 Å². The van der Waals surface area contributed by atoms with Crippen LogP contribution in [0.4, 0.5) is 0 Å². The van der Waals surface area contributed by atoms with Gasteiger partial charge in [-0.05, 0) is 31.1 Å². The fraction of sp³-hybridized carbons (Fsp3) is 0.208. The summed E-state index contributed by atoms with van der Waals surface area (Å²) in [6.07, 6.45) is 5.89.